The largest absolute Gasteiger partial charge is 0.474 e. The van der Waals surface area contributed by atoms with Gasteiger partial charge in [0.05, 0.1) is 5.56 Å². The van der Waals surface area contributed by atoms with Crippen molar-refractivity contribution in [2.24, 2.45) is 0 Å². The standard InChI is InChI=1S/C23H24N4O3/c1-16(28)27-13-11-20(12-14-27)30-23-21(22(24)25-15-26-23)17-7-9-19(10-8-17)29-18-5-3-2-4-6-18/h2-10,15,20H,11-14H2,1H3,(H2,24,25,26). The molecule has 3 aromatic rings. The van der Waals surface area contributed by atoms with E-state index in [-0.39, 0.29) is 12.0 Å². The van der Waals surface area contributed by atoms with E-state index in [0.29, 0.717) is 30.4 Å². The summed E-state index contributed by atoms with van der Waals surface area (Å²) in [5, 5.41) is 0. The summed E-state index contributed by atoms with van der Waals surface area (Å²) in [7, 11) is 0. The van der Waals surface area contributed by atoms with Crippen molar-refractivity contribution < 1.29 is 14.3 Å². The fraction of sp³-hybridized carbons (Fsp3) is 0.261. The number of carbonyl (C=O) groups excluding carboxylic acids is 1. The number of nitrogens with zero attached hydrogens (tertiary/aromatic N) is 3. The molecule has 2 heterocycles. The van der Waals surface area contributed by atoms with Crippen molar-refractivity contribution in [1.29, 1.82) is 0 Å². The minimum absolute atomic E-state index is 0.0191. The maximum atomic E-state index is 11.5. The minimum Gasteiger partial charge on any atom is -0.474 e. The van der Waals surface area contributed by atoms with E-state index in [9.17, 15) is 4.79 Å². The first-order chi connectivity index (χ1) is 14.6. The number of hydrogen-bond acceptors (Lipinski definition) is 6. The van der Waals surface area contributed by atoms with Crippen LogP contribution >= 0.6 is 0 Å². The van der Waals surface area contributed by atoms with Crippen molar-refractivity contribution >= 4 is 11.7 Å². The third-order valence-corrected chi connectivity index (χ3v) is 5.13. The zero-order valence-corrected chi connectivity index (χ0v) is 16.8. The van der Waals surface area contributed by atoms with Crippen LogP contribution in [0.1, 0.15) is 19.8 Å². The molecule has 1 saturated heterocycles. The predicted molar refractivity (Wildman–Crippen MR) is 114 cm³/mol. The van der Waals surface area contributed by atoms with Crippen molar-refractivity contribution in [2.45, 2.75) is 25.9 Å². The smallest absolute Gasteiger partial charge is 0.226 e. The third-order valence-electron chi connectivity index (χ3n) is 5.13. The Morgan fingerprint density at radius 3 is 2.33 bits per heavy atom. The number of hydrogen-bond donors (Lipinski definition) is 1. The van der Waals surface area contributed by atoms with Crippen molar-refractivity contribution in [3.8, 4) is 28.5 Å². The van der Waals surface area contributed by atoms with Crippen molar-refractivity contribution in [3.05, 3.63) is 60.9 Å². The Hall–Kier alpha value is -3.61. The van der Waals surface area contributed by atoms with Gasteiger partial charge in [-0.25, -0.2) is 9.97 Å². The van der Waals surface area contributed by atoms with Crippen LogP contribution in [0.5, 0.6) is 17.4 Å². The number of nitrogens with two attached hydrogens (primary N) is 1. The quantitative estimate of drug-likeness (QED) is 0.693. The second-order valence-corrected chi connectivity index (χ2v) is 7.20. The Labute approximate surface area is 175 Å². The van der Waals surface area contributed by atoms with Gasteiger partial charge in [0.15, 0.2) is 0 Å². The molecule has 0 bridgehead atoms. The molecule has 0 aliphatic carbocycles. The first-order valence-electron chi connectivity index (χ1n) is 9.96. The summed E-state index contributed by atoms with van der Waals surface area (Å²) in [4.78, 5) is 21.8. The predicted octanol–water partition coefficient (Wildman–Crippen LogP) is 3.91. The van der Waals surface area contributed by atoms with Crippen LogP contribution in [0.15, 0.2) is 60.9 Å². The molecular weight excluding hydrogens is 380 g/mol. The van der Waals surface area contributed by atoms with Crippen LogP contribution in [0.3, 0.4) is 0 Å². The van der Waals surface area contributed by atoms with Crippen molar-refractivity contribution in [3.63, 3.8) is 0 Å². The highest BCUT2D eigenvalue weighted by atomic mass is 16.5. The lowest BCUT2D eigenvalue weighted by Gasteiger charge is -2.31. The summed E-state index contributed by atoms with van der Waals surface area (Å²) < 4.78 is 12.0. The van der Waals surface area contributed by atoms with Gasteiger partial charge >= 0.3 is 0 Å². The molecule has 2 N–H and O–H groups in total. The Bertz CT molecular complexity index is 1000. The monoisotopic (exact) mass is 404 g/mol. The average molecular weight is 404 g/mol. The minimum atomic E-state index is -0.0191. The molecule has 1 aliphatic heterocycles. The molecule has 1 fully saturated rings. The number of ether oxygens (including phenoxy) is 2. The molecule has 30 heavy (non-hydrogen) atoms. The fourth-order valence-corrected chi connectivity index (χ4v) is 3.50. The number of piperidine rings is 1. The van der Waals surface area contributed by atoms with Gasteiger partial charge in [-0.3, -0.25) is 4.79 Å². The molecule has 1 aromatic heterocycles. The summed E-state index contributed by atoms with van der Waals surface area (Å²) in [6.45, 7) is 2.96. The fourth-order valence-electron chi connectivity index (χ4n) is 3.50. The molecule has 154 valence electrons. The molecule has 7 nitrogen and oxygen atoms in total. The summed E-state index contributed by atoms with van der Waals surface area (Å²) in [6.07, 6.45) is 2.90. The van der Waals surface area contributed by atoms with Gasteiger partial charge in [-0.05, 0) is 29.8 Å². The number of aromatic nitrogens is 2. The number of para-hydroxylation sites is 1. The average Bonchev–Trinajstić information content (AvgIpc) is 2.76. The first kappa shape index (κ1) is 19.7. The summed E-state index contributed by atoms with van der Waals surface area (Å²) in [6, 6.07) is 17.2. The second-order valence-electron chi connectivity index (χ2n) is 7.20. The Morgan fingerprint density at radius 2 is 1.67 bits per heavy atom. The first-order valence-corrected chi connectivity index (χ1v) is 9.96. The Morgan fingerprint density at radius 1 is 1.00 bits per heavy atom. The van der Waals surface area contributed by atoms with E-state index in [4.69, 9.17) is 15.2 Å². The van der Waals surface area contributed by atoms with Crippen molar-refractivity contribution in [2.75, 3.05) is 18.8 Å². The van der Waals surface area contributed by atoms with Gasteiger partial charge in [0.2, 0.25) is 11.8 Å². The zero-order valence-electron chi connectivity index (χ0n) is 16.8. The molecule has 0 radical (unpaired) electrons. The SMILES string of the molecule is CC(=O)N1CCC(Oc2ncnc(N)c2-c2ccc(Oc3ccccc3)cc2)CC1. The number of nitrogen functional groups attached to an aromatic ring is 1. The highest BCUT2D eigenvalue weighted by Crippen LogP contribution is 2.35. The van der Waals surface area contributed by atoms with Crippen LogP contribution in [-0.4, -0.2) is 40.0 Å². The van der Waals surface area contributed by atoms with Crippen LogP contribution in [0.4, 0.5) is 5.82 Å². The number of benzene rings is 2. The van der Waals surface area contributed by atoms with E-state index in [2.05, 4.69) is 9.97 Å². The molecule has 2 aromatic carbocycles. The van der Waals surface area contributed by atoms with Crippen LogP contribution in [-0.2, 0) is 4.79 Å². The van der Waals surface area contributed by atoms with E-state index >= 15 is 0 Å². The second kappa shape index (κ2) is 8.82. The van der Waals surface area contributed by atoms with Crippen LogP contribution in [0, 0.1) is 0 Å². The summed E-state index contributed by atoms with van der Waals surface area (Å²) >= 11 is 0. The third kappa shape index (κ3) is 4.51. The lowest BCUT2D eigenvalue weighted by atomic mass is 10.1. The topological polar surface area (TPSA) is 90.6 Å². The number of rotatable bonds is 5. The molecule has 0 atom stereocenters. The van der Waals surface area contributed by atoms with Gasteiger partial charge in [-0.1, -0.05) is 30.3 Å². The zero-order chi connectivity index (χ0) is 20.9. The lowest BCUT2D eigenvalue weighted by molar-refractivity contribution is -0.130. The van der Waals surface area contributed by atoms with Gasteiger partial charge in [0.1, 0.15) is 29.7 Å². The molecule has 1 aliphatic rings. The number of carbonyl (C=O) groups is 1. The number of anilines is 1. The maximum Gasteiger partial charge on any atom is 0.226 e. The summed E-state index contributed by atoms with van der Waals surface area (Å²) in [5.41, 5.74) is 7.68. The molecule has 1 amide bonds. The highest BCUT2D eigenvalue weighted by molar-refractivity contribution is 5.78. The normalized spacial score (nSPS) is 14.4. The van der Waals surface area contributed by atoms with E-state index in [1.807, 2.05) is 59.5 Å². The lowest BCUT2D eigenvalue weighted by Crippen LogP contribution is -2.40. The van der Waals surface area contributed by atoms with Gasteiger partial charge in [-0.15, -0.1) is 0 Å². The van der Waals surface area contributed by atoms with Gasteiger partial charge < -0.3 is 20.1 Å². The molecule has 7 heteroatoms. The number of likely N-dealkylation sites (tertiary alicyclic amines) is 1. The molecular formula is C23H24N4O3. The van der Waals surface area contributed by atoms with E-state index in [0.717, 1.165) is 29.9 Å². The van der Waals surface area contributed by atoms with Crippen LogP contribution in [0.2, 0.25) is 0 Å². The van der Waals surface area contributed by atoms with Gasteiger partial charge in [0.25, 0.3) is 0 Å². The number of amides is 1. The van der Waals surface area contributed by atoms with Crippen LogP contribution in [0.25, 0.3) is 11.1 Å². The Balaban J connectivity index is 1.51. The van der Waals surface area contributed by atoms with E-state index in [1.54, 1.807) is 6.92 Å². The highest BCUT2D eigenvalue weighted by Gasteiger charge is 2.24. The van der Waals surface area contributed by atoms with Crippen molar-refractivity contribution in [1.82, 2.24) is 14.9 Å². The van der Waals surface area contributed by atoms with Gasteiger partial charge in [0, 0.05) is 32.9 Å². The van der Waals surface area contributed by atoms with Gasteiger partial charge in [-0.2, -0.15) is 0 Å². The molecule has 0 spiro atoms. The van der Waals surface area contributed by atoms with E-state index in [1.165, 1.54) is 6.33 Å². The van der Waals surface area contributed by atoms with Crippen LogP contribution < -0.4 is 15.2 Å². The van der Waals surface area contributed by atoms with E-state index < -0.39 is 0 Å². The summed E-state index contributed by atoms with van der Waals surface area (Å²) in [5.74, 6) is 2.41. The molecule has 4 rings (SSSR count). The molecule has 0 saturated carbocycles. The maximum absolute atomic E-state index is 11.5. The Kier molecular flexibility index (Phi) is 5.79. The molecule has 0 unspecified atom stereocenters.